The molecule has 11 nitrogen and oxygen atoms in total. The summed E-state index contributed by atoms with van der Waals surface area (Å²) in [4.78, 5) is 24.7. The summed E-state index contributed by atoms with van der Waals surface area (Å²) < 4.78 is 81.7. The van der Waals surface area contributed by atoms with Crippen LogP contribution in [0.5, 0.6) is 11.6 Å². The lowest BCUT2D eigenvalue weighted by Gasteiger charge is -2.22. The monoisotopic (exact) mass is 578 g/mol. The van der Waals surface area contributed by atoms with E-state index in [1.807, 2.05) is 0 Å². The summed E-state index contributed by atoms with van der Waals surface area (Å²) in [5, 5.41) is 9.49. The minimum Gasteiger partial charge on any atom is -0.439 e. The molecule has 2 fully saturated rings. The summed E-state index contributed by atoms with van der Waals surface area (Å²) in [5.74, 6) is -4.42. The first-order chi connectivity index (χ1) is 19.5. The van der Waals surface area contributed by atoms with Crippen molar-refractivity contribution in [2.45, 2.75) is 37.4 Å². The minimum absolute atomic E-state index is 0.0105. The number of nitrogens with one attached hydrogen (secondary N) is 2. The quantitative estimate of drug-likeness (QED) is 0.279. The number of imidazole rings is 1. The molecule has 4 aromatic rings. The zero-order valence-corrected chi connectivity index (χ0v) is 21.5. The highest BCUT2D eigenvalue weighted by atomic mass is 19.4. The predicted octanol–water partition coefficient (Wildman–Crippen LogP) is 5.06. The lowest BCUT2D eigenvalue weighted by molar-refractivity contribution is -0.292. The molecular weight excluding hydrogens is 555 g/mol. The largest absolute Gasteiger partial charge is 0.459 e. The number of carbonyl (C=O) groups is 1. The second-order valence-electron chi connectivity index (χ2n) is 9.82. The topological polar surface area (TPSA) is 121 Å². The Morgan fingerprint density at radius 2 is 1.90 bits per heavy atom. The lowest BCUT2D eigenvalue weighted by Crippen LogP contribution is -2.36. The first-order valence-electron chi connectivity index (χ1n) is 12.7. The maximum Gasteiger partial charge on any atom is 0.459 e. The minimum atomic E-state index is -5.81. The number of anilines is 3. The summed E-state index contributed by atoms with van der Waals surface area (Å²) in [5.41, 5.74) is -0.360. The smallest absolute Gasteiger partial charge is 0.439 e. The standard InChI is InChI=1S/C25H23F5N8O3/c1-37-17-9-21(41-15-4-6-31-19(8-15)34-22(39)13-2-3-13)32-11-16(17)33-23(37)35-20-10-18(24(26,27)25(28,29)30)38(36-20)14-5-7-40-12-14/h4,6,8-11,13-14H,2-3,5,7,12H2,1H3,(H,31,34,39)(H,33,35,36)/t14-/m0/s1. The molecule has 0 bridgehead atoms. The third-order valence-electron chi connectivity index (χ3n) is 6.80. The number of nitrogens with zero attached hydrogens (tertiary/aromatic N) is 6. The van der Waals surface area contributed by atoms with Crippen molar-refractivity contribution >= 4 is 34.5 Å². The number of pyridine rings is 2. The van der Waals surface area contributed by atoms with Gasteiger partial charge in [0.25, 0.3) is 0 Å². The fraction of sp³-hybridized carbons (Fsp3) is 0.400. The summed E-state index contributed by atoms with van der Waals surface area (Å²) in [6.45, 7) is 0.192. The van der Waals surface area contributed by atoms with Gasteiger partial charge in [-0.1, -0.05) is 0 Å². The maximum absolute atomic E-state index is 14.4. The third-order valence-corrected chi connectivity index (χ3v) is 6.80. The average molecular weight is 579 g/mol. The lowest BCUT2D eigenvalue weighted by atomic mass is 10.2. The molecule has 1 atom stereocenters. The predicted molar refractivity (Wildman–Crippen MR) is 134 cm³/mol. The Morgan fingerprint density at radius 3 is 2.61 bits per heavy atom. The van der Waals surface area contributed by atoms with Crippen LogP contribution in [0.25, 0.3) is 11.0 Å². The highest BCUT2D eigenvalue weighted by Gasteiger charge is 2.61. The van der Waals surface area contributed by atoms with Gasteiger partial charge < -0.3 is 24.7 Å². The van der Waals surface area contributed by atoms with Crippen LogP contribution < -0.4 is 15.4 Å². The Balaban J connectivity index is 1.25. The van der Waals surface area contributed by atoms with E-state index in [9.17, 15) is 26.7 Å². The molecule has 1 aliphatic heterocycles. The number of carbonyl (C=O) groups excluding carboxylic acids is 1. The number of alkyl halides is 5. The van der Waals surface area contributed by atoms with Crippen molar-refractivity contribution in [2.24, 2.45) is 13.0 Å². The molecule has 41 heavy (non-hydrogen) atoms. The summed E-state index contributed by atoms with van der Waals surface area (Å²) in [7, 11) is 1.62. The highest BCUT2D eigenvalue weighted by Crippen LogP contribution is 2.45. The zero-order valence-electron chi connectivity index (χ0n) is 21.5. The van der Waals surface area contributed by atoms with Gasteiger partial charge in [0.15, 0.2) is 5.82 Å². The van der Waals surface area contributed by atoms with Gasteiger partial charge in [-0.15, -0.1) is 0 Å². The van der Waals surface area contributed by atoms with Crippen LogP contribution in [0.15, 0.2) is 36.7 Å². The van der Waals surface area contributed by atoms with Gasteiger partial charge in [0.1, 0.15) is 22.8 Å². The van der Waals surface area contributed by atoms with Crippen LogP contribution in [0.2, 0.25) is 0 Å². The van der Waals surface area contributed by atoms with Gasteiger partial charge in [-0.05, 0) is 25.3 Å². The fourth-order valence-electron chi connectivity index (χ4n) is 4.43. The van der Waals surface area contributed by atoms with Gasteiger partial charge in [0, 0.05) is 44.0 Å². The van der Waals surface area contributed by atoms with Gasteiger partial charge >= 0.3 is 12.1 Å². The SMILES string of the molecule is Cn1c(Nc2cc(C(F)(F)C(F)(F)F)n([C@H]3CCOC3)n2)nc2cnc(Oc3ccnc(NC(=O)C4CC4)c3)cc21. The molecule has 2 N–H and O–H groups in total. The molecule has 5 heterocycles. The molecule has 0 spiro atoms. The van der Waals surface area contributed by atoms with Gasteiger partial charge in [-0.2, -0.15) is 27.1 Å². The molecule has 216 valence electrons. The number of halogens is 5. The molecule has 0 radical (unpaired) electrons. The van der Waals surface area contributed by atoms with Gasteiger partial charge in [-0.3, -0.25) is 9.48 Å². The van der Waals surface area contributed by atoms with Crippen LogP contribution in [0.3, 0.4) is 0 Å². The molecule has 4 aromatic heterocycles. The van der Waals surface area contributed by atoms with Gasteiger partial charge in [0.2, 0.25) is 17.7 Å². The average Bonchev–Trinajstić information content (AvgIpc) is 3.32. The molecule has 6 rings (SSSR count). The zero-order chi connectivity index (χ0) is 28.9. The second kappa shape index (κ2) is 9.94. The number of aromatic nitrogens is 6. The van der Waals surface area contributed by atoms with E-state index in [4.69, 9.17) is 9.47 Å². The second-order valence-corrected chi connectivity index (χ2v) is 9.82. The van der Waals surface area contributed by atoms with Crippen molar-refractivity contribution in [2.75, 3.05) is 23.8 Å². The van der Waals surface area contributed by atoms with Gasteiger partial charge in [-0.25, -0.2) is 15.0 Å². The summed E-state index contributed by atoms with van der Waals surface area (Å²) in [6, 6.07) is 4.63. The van der Waals surface area contributed by atoms with E-state index in [0.29, 0.717) is 33.3 Å². The van der Waals surface area contributed by atoms with E-state index in [1.165, 1.54) is 12.4 Å². The van der Waals surface area contributed by atoms with E-state index in [0.717, 1.165) is 12.8 Å². The molecule has 1 saturated heterocycles. The van der Waals surface area contributed by atoms with Crippen molar-refractivity contribution in [1.29, 1.82) is 0 Å². The number of rotatable bonds is 8. The van der Waals surface area contributed by atoms with Crippen molar-refractivity contribution < 1.29 is 36.2 Å². The highest BCUT2D eigenvalue weighted by molar-refractivity contribution is 5.93. The van der Waals surface area contributed by atoms with Crippen LogP contribution in [0, 0.1) is 5.92 Å². The molecule has 1 amide bonds. The van der Waals surface area contributed by atoms with Crippen LogP contribution in [0.1, 0.15) is 31.0 Å². The Hall–Kier alpha value is -4.34. The molecule has 2 aliphatic rings. The number of amides is 1. The molecule has 16 heteroatoms. The van der Waals surface area contributed by atoms with Crippen LogP contribution in [-0.4, -0.2) is 54.6 Å². The van der Waals surface area contributed by atoms with Crippen molar-refractivity contribution in [3.8, 4) is 11.6 Å². The fourth-order valence-corrected chi connectivity index (χ4v) is 4.43. The van der Waals surface area contributed by atoms with Crippen molar-refractivity contribution in [3.05, 3.63) is 42.4 Å². The normalized spacial score (nSPS) is 17.7. The Bertz CT molecular complexity index is 1610. The summed E-state index contributed by atoms with van der Waals surface area (Å²) in [6.07, 6.45) is -0.951. The molecule has 0 unspecified atom stereocenters. The van der Waals surface area contributed by atoms with Gasteiger partial charge in [0.05, 0.1) is 24.4 Å². The van der Waals surface area contributed by atoms with E-state index < -0.39 is 23.8 Å². The van der Waals surface area contributed by atoms with E-state index in [2.05, 4.69) is 30.7 Å². The van der Waals surface area contributed by atoms with E-state index in [-0.39, 0.29) is 49.1 Å². The summed E-state index contributed by atoms with van der Waals surface area (Å²) >= 11 is 0. The van der Waals surface area contributed by atoms with Crippen molar-refractivity contribution in [1.82, 2.24) is 29.3 Å². The van der Waals surface area contributed by atoms with E-state index in [1.54, 1.807) is 29.8 Å². The Kier molecular flexibility index (Phi) is 6.51. The number of fused-ring (bicyclic) bond motifs is 1. The molecule has 0 aromatic carbocycles. The van der Waals surface area contributed by atoms with Crippen LogP contribution >= 0.6 is 0 Å². The van der Waals surface area contributed by atoms with E-state index >= 15 is 0 Å². The first-order valence-corrected chi connectivity index (χ1v) is 12.7. The van der Waals surface area contributed by atoms with Crippen LogP contribution in [0.4, 0.5) is 39.5 Å². The third kappa shape index (κ3) is 5.26. The molecule has 1 saturated carbocycles. The Morgan fingerprint density at radius 1 is 1.10 bits per heavy atom. The first kappa shape index (κ1) is 26.9. The number of hydrogen-bond acceptors (Lipinski definition) is 8. The number of ether oxygens (including phenoxy) is 2. The van der Waals surface area contributed by atoms with Crippen molar-refractivity contribution in [3.63, 3.8) is 0 Å². The Labute approximate surface area is 228 Å². The number of hydrogen-bond donors (Lipinski definition) is 2. The molecular formula is C25H23F5N8O3. The number of aryl methyl sites for hydroxylation is 1. The molecule has 1 aliphatic carbocycles. The van der Waals surface area contributed by atoms with Crippen LogP contribution in [-0.2, 0) is 22.5 Å². The maximum atomic E-state index is 14.4.